The Balaban J connectivity index is 1.90. The lowest BCUT2D eigenvalue weighted by molar-refractivity contribution is -0.142. The Morgan fingerprint density at radius 2 is 1.77 bits per heavy atom. The number of aliphatic carboxylic acids is 1. The summed E-state index contributed by atoms with van der Waals surface area (Å²) < 4.78 is 14.0. The zero-order chi connectivity index (χ0) is 31.7. The van der Waals surface area contributed by atoms with E-state index in [9.17, 15) is 33.8 Å². The van der Waals surface area contributed by atoms with Crippen LogP contribution in [0.25, 0.3) is 11.0 Å². The van der Waals surface area contributed by atoms with Crippen LogP contribution in [-0.4, -0.2) is 67.6 Å². The first-order chi connectivity index (χ1) is 20.2. The van der Waals surface area contributed by atoms with Gasteiger partial charge in [-0.15, -0.1) is 0 Å². The summed E-state index contributed by atoms with van der Waals surface area (Å²) in [7, 11) is 0. The van der Waals surface area contributed by atoms with Crippen molar-refractivity contribution in [2.24, 2.45) is 17.4 Å². The Morgan fingerprint density at radius 3 is 2.40 bits per heavy atom. The number of rotatable bonds is 15. The number of hydrogen-bond donors (Lipinski definition) is 6. The molecular formula is C30H36FN6O6. The van der Waals surface area contributed by atoms with Crippen molar-refractivity contribution in [1.29, 1.82) is 0 Å². The van der Waals surface area contributed by atoms with Gasteiger partial charge >= 0.3 is 5.97 Å². The van der Waals surface area contributed by atoms with Crippen LogP contribution in [0.2, 0.25) is 0 Å². The number of carbonyl (C=O) groups excluding carboxylic acids is 3. The number of primary amides is 1. The van der Waals surface area contributed by atoms with Crippen molar-refractivity contribution in [1.82, 2.24) is 20.6 Å². The molecule has 0 fully saturated rings. The normalized spacial score (nSPS) is 14.3. The highest BCUT2D eigenvalue weighted by atomic mass is 19.1. The minimum Gasteiger partial charge on any atom is -0.480 e. The fourth-order valence-corrected chi connectivity index (χ4v) is 4.48. The average Bonchev–Trinajstić information content (AvgIpc) is 2.93. The van der Waals surface area contributed by atoms with E-state index in [1.807, 2.05) is 0 Å². The first kappa shape index (κ1) is 33.0. The number of nitrogens with zero attached hydrogens (tertiary/aromatic N) is 2. The van der Waals surface area contributed by atoms with Crippen LogP contribution in [0.1, 0.15) is 49.2 Å². The number of carbonyl (C=O) groups is 4. The summed E-state index contributed by atoms with van der Waals surface area (Å²) >= 11 is 0. The maximum atomic E-state index is 14.0. The number of para-hydroxylation sites is 2. The maximum absolute atomic E-state index is 14.0. The second kappa shape index (κ2) is 14.6. The van der Waals surface area contributed by atoms with Crippen molar-refractivity contribution in [3.8, 4) is 0 Å². The predicted octanol–water partition coefficient (Wildman–Crippen LogP) is 1.25. The number of amides is 3. The van der Waals surface area contributed by atoms with E-state index in [0.717, 1.165) is 0 Å². The van der Waals surface area contributed by atoms with E-state index in [1.54, 1.807) is 44.2 Å². The average molecular weight is 596 g/mol. The number of carboxylic acids is 1. The molecule has 229 valence electrons. The summed E-state index contributed by atoms with van der Waals surface area (Å²) in [4.78, 5) is 58.7. The third-order valence-corrected chi connectivity index (χ3v) is 6.70. The highest BCUT2D eigenvalue weighted by Crippen LogP contribution is 2.22. The molecule has 1 unspecified atom stereocenters. The van der Waals surface area contributed by atoms with Gasteiger partial charge in [0.25, 0.3) is 5.91 Å². The van der Waals surface area contributed by atoms with Crippen molar-refractivity contribution < 1.29 is 33.8 Å². The summed E-state index contributed by atoms with van der Waals surface area (Å²) in [6.07, 6.45) is 3.71. The molecule has 43 heavy (non-hydrogen) atoms. The molecule has 0 aliphatic rings. The predicted molar refractivity (Wildman–Crippen MR) is 156 cm³/mol. The Kier molecular flexibility index (Phi) is 11.2. The molecule has 3 rings (SSSR count). The van der Waals surface area contributed by atoms with Gasteiger partial charge in [-0.2, -0.15) is 0 Å². The number of aromatic nitrogens is 2. The highest BCUT2D eigenvalue weighted by Gasteiger charge is 2.34. The number of nitrogens with one attached hydrogen (secondary N) is 2. The minimum absolute atomic E-state index is 0.0144. The van der Waals surface area contributed by atoms with E-state index in [-0.39, 0.29) is 18.5 Å². The molecule has 0 aliphatic carbocycles. The van der Waals surface area contributed by atoms with Crippen LogP contribution in [0.5, 0.6) is 0 Å². The molecular weight excluding hydrogens is 559 g/mol. The van der Waals surface area contributed by atoms with Crippen molar-refractivity contribution >= 4 is 34.7 Å². The van der Waals surface area contributed by atoms with E-state index >= 15 is 0 Å². The van der Waals surface area contributed by atoms with Crippen LogP contribution in [0.15, 0.2) is 54.7 Å². The molecule has 13 heteroatoms. The third-order valence-electron chi connectivity index (χ3n) is 6.70. The van der Waals surface area contributed by atoms with Gasteiger partial charge in [0.15, 0.2) is 0 Å². The Morgan fingerprint density at radius 1 is 1.07 bits per heavy atom. The standard InChI is InChI=1S/C30H36FN6O6/c1-30(2,43)12-6-8-18(27(39)37-25(26(33)38)24(32)29(41)42)15-20(14-17-7-5-9-19(31)13-17)35-28(40)23-16-34-21-10-3-4-11-22(21)36-23/h3-5,7,9-11,13,15-16,18,20,24-25,43H,6,8,12,14,32H2,1-2H3,(H2,33,38)(H,35,40)(H,37,39)(H,41,42)/t18-,20-,24?,25-/m1/s1. The van der Waals surface area contributed by atoms with Gasteiger partial charge in [-0.1, -0.05) is 24.3 Å². The molecule has 1 heterocycles. The van der Waals surface area contributed by atoms with Crippen molar-refractivity contribution in [3.05, 3.63) is 78.2 Å². The number of carboxylic acid groups (broad SMARTS) is 1. The van der Waals surface area contributed by atoms with Gasteiger partial charge < -0.3 is 32.3 Å². The molecule has 0 aliphatic heterocycles. The van der Waals surface area contributed by atoms with Gasteiger partial charge in [-0.3, -0.25) is 24.2 Å². The molecule has 0 saturated heterocycles. The monoisotopic (exact) mass is 595 g/mol. The second-order valence-corrected chi connectivity index (χ2v) is 10.9. The smallest absolute Gasteiger partial charge is 0.323 e. The van der Waals surface area contributed by atoms with Gasteiger partial charge in [0, 0.05) is 12.0 Å². The summed E-state index contributed by atoms with van der Waals surface area (Å²) in [5, 5.41) is 24.6. The molecule has 3 aromatic rings. The van der Waals surface area contributed by atoms with Crippen molar-refractivity contribution in [2.45, 2.75) is 63.3 Å². The van der Waals surface area contributed by atoms with E-state index < -0.39 is 59.2 Å². The lowest BCUT2D eigenvalue weighted by atomic mass is 9.88. The summed E-state index contributed by atoms with van der Waals surface area (Å²) in [6, 6.07) is 8.36. The molecule has 2 aromatic carbocycles. The van der Waals surface area contributed by atoms with Crippen molar-refractivity contribution in [3.63, 3.8) is 0 Å². The number of hydrogen-bond acceptors (Lipinski definition) is 8. The van der Waals surface area contributed by atoms with E-state index in [1.165, 1.54) is 30.8 Å². The largest absolute Gasteiger partial charge is 0.480 e. The minimum atomic E-state index is -1.80. The SMILES string of the molecule is CC(C)(O)CCC[C@H]([CH][C@@H](Cc1cccc(F)c1)NC(=O)c1cnc2ccccc2n1)C(=O)N[C@@H](C(N)=O)C(N)C(=O)O. The van der Waals surface area contributed by atoms with Crippen LogP contribution in [0.4, 0.5) is 4.39 Å². The summed E-state index contributed by atoms with van der Waals surface area (Å²) in [5.74, 6) is -5.55. The number of fused-ring (bicyclic) bond motifs is 1. The Hall–Kier alpha value is -4.49. The van der Waals surface area contributed by atoms with Crippen LogP contribution >= 0.6 is 0 Å². The number of nitrogens with two attached hydrogens (primary N) is 2. The lowest BCUT2D eigenvalue weighted by Crippen LogP contribution is -2.59. The number of benzene rings is 2. The van der Waals surface area contributed by atoms with Gasteiger partial charge in [0.1, 0.15) is 23.6 Å². The van der Waals surface area contributed by atoms with E-state index in [4.69, 9.17) is 11.5 Å². The lowest BCUT2D eigenvalue weighted by Gasteiger charge is -2.27. The van der Waals surface area contributed by atoms with Crippen LogP contribution in [-0.2, 0) is 20.8 Å². The van der Waals surface area contributed by atoms with Crippen LogP contribution in [0, 0.1) is 18.2 Å². The van der Waals surface area contributed by atoms with E-state index in [2.05, 4.69) is 20.6 Å². The molecule has 0 spiro atoms. The molecule has 12 nitrogen and oxygen atoms in total. The van der Waals surface area contributed by atoms with Gasteiger partial charge in [0.2, 0.25) is 11.8 Å². The first-order valence-corrected chi connectivity index (χ1v) is 13.7. The molecule has 1 aromatic heterocycles. The zero-order valence-corrected chi connectivity index (χ0v) is 23.9. The molecule has 0 saturated carbocycles. The van der Waals surface area contributed by atoms with Crippen LogP contribution < -0.4 is 22.1 Å². The zero-order valence-electron chi connectivity index (χ0n) is 23.9. The van der Waals surface area contributed by atoms with Crippen molar-refractivity contribution in [2.75, 3.05) is 0 Å². The van der Waals surface area contributed by atoms with Gasteiger partial charge in [0.05, 0.1) is 22.8 Å². The second-order valence-electron chi connectivity index (χ2n) is 10.9. The van der Waals surface area contributed by atoms with Gasteiger partial charge in [-0.05, 0) is 75.8 Å². The Bertz CT molecular complexity index is 1460. The number of aliphatic hydroxyl groups is 1. The fourth-order valence-electron chi connectivity index (χ4n) is 4.48. The highest BCUT2D eigenvalue weighted by molar-refractivity contribution is 5.95. The summed E-state index contributed by atoms with van der Waals surface area (Å²) in [5.41, 5.74) is 11.5. The molecule has 8 N–H and O–H groups in total. The maximum Gasteiger partial charge on any atom is 0.323 e. The Labute approximate surface area is 248 Å². The first-order valence-electron chi connectivity index (χ1n) is 13.7. The quantitative estimate of drug-likeness (QED) is 0.149. The van der Waals surface area contributed by atoms with E-state index in [0.29, 0.717) is 29.4 Å². The van der Waals surface area contributed by atoms with Gasteiger partial charge in [-0.25, -0.2) is 9.37 Å². The van der Waals surface area contributed by atoms with Crippen LogP contribution in [0.3, 0.4) is 0 Å². The fraction of sp³-hybridized carbons (Fsp3) is 0.367. The molecule has 1 radical (unpaired) electrons. The topological polar surface area (TPSA) is 211 Å². The third kappa shape index (κ3) is 10.1. The summed E-state index contributed by atoms with van der Waals surface area (Å²) in [6.45, 7) is 3.22. The number of halogens is 1. The molecule has 4 atom stereocenters. The molecule has 3 amide bonds. The molecule has 0 bridgehead atoms.